The lowest BCUT2D eigenvalue weighted by Gasteiger charge is -2.19. The maximum absolute atomic E-state index is 11.7. The SMILES string of the molecule is CC(C)(C)NS(=O)(=O)Nc1ncc(/C=C/C(=O)O)s1. The van der Waals surface area contributed by atoms with Gasteiger partial charge in [-0.3, -0.25) is 0 Å². The van der Waals surface area contributed by atoms with Gasteiger partial charge in [0.2, 0.25) is 0 Å². The van der Waals surface area contributed by atoms with Crippen LogP contribution >= 0.6 is 11.3 Å². The summed E-state index contributed by atoms with van der Waals surface area (Å²) in [5, 5.41) is 8.64. The molecule has 0 unspecified atom stereocenters. The maximum atomic E-state index is 11.7. The van der Waals surface area contributed by atoms with Gasteiger partial charge in [-0.25, -0.2) is 14.5 Å². The lowest BCUT2D eigenvalue weighted by molar-refractivity contribution is -0.131. The minimum Gasteiger partial charge on any atom is -0.478 e. The summed E-state index contributed by atoms with van der Waals surface area (Å²) in [7, 11) is -3.70. The molecular weight excluding hydrogens is 290 g/mol. The molecule has 7 nitrogen and oxygen atoms in total. The second-order valence-electron chi connectivity index (χ2n) is 4.70. The van der Waals surface area contributed by atoms with Crippen molar-refractivity contribution in [2.75, 3.05) is 4.72 Å². The zero-order valence-electron chi connectivity index (χ0n) is 10.7. The number of hydrogen-bond donors (Lipinski definition) is 3. The van der Waals surface area contributed by atoms with Gasteiger partial charge in [0.15, 0.2) is 5.13 Å². The molecule has 0 aliphatic carbocycles. The molecule has 1 aromatic rings. The van der Waals surface area contributed by atoms with E-state index in [0.717, 1.165) is 17.4 Å². The average molecular weight is 305 g/mol. The van der Waals surface area contributed by atoms with Crippen LogP contribution in [0.3, 0.4) is 0 Å². The van der Waals surface area contributed by atoms with Crippen molar-refractivity contribution in [2.45, 2.75) is 26.3 Å². The summed E-state index contributed by atoms with van der Waals surface area (Å²) in [6.45, 7) is 5.15. The van der Waals surface area contributed by atoms with Crippen molar-refractivity contribution in [1.82, 2.24) is 9.71 Å². The number of aromatic nitrogens is 1. The highest BCUT2D eigenvalue weighted by Crippen LogP contribution is 2.20. The predicted octanol–water partition coefficient (Wildman–Crippen LogP) is 1.29. The molecule has 0 saturated carbocycles. The van der Waals surface area contributed by atoms with Gasteiger partial charge in [-0.2, -0.15) is 13.1 Å². The van der Waals surface area contributed by atoms with E-state index in [2.05, 4.69) is 14.4 Å². The Morgan fingerprint density at radius 3 is 2.63 bits per heavy atom. The first kappa shape index (κ1) is 15.6. The van der Waals surface area contributed by atoms with E-state index in [-0.39, 0.29) is 5.13 Å². The van der Waals surface area contributed by atoms with Gasteiger partial charge in [-0.15, -0.1) is 0 Å². The second-order valence-corrected chi connectivity index (χ2v) is 7.17. The fourth-order valence-electron chi connectivity index (χ4n) is 1.11. The molecule has 0 aliphatic heterocycles. The summed E-state index contributed by atoms with van der Waals surface area (Å²) in [6.07, 6.45) is 3.69. The normalized spacial score (nSPS) is 12.8. The van der Waals surface area contributed by atoms with Gasteiger partial charge in [0, 0.05) is 22.7 Å². The molecule has 1 rings (SSSR count). The molecule has 19 heavy (non-hydrogen) atoms. The predicted molar refractivity (Wildman–Crippen MR) is 74.2 cm³/mol. The maximum Gasteiger partial charge on any atom is 0.328 e. The van der Waals surface area contributed by atoms with Crippen LogP contribution in [0, 0.1) is 0 Å². The zero-order valence-corrected chi connectivity index (χ0v) is 12.3. The Labute approximate surface area is 115 Å². The molecule has 0 bridgehead atoms. The van der Waals surface area contributed by atoms with E-state index in [1.165, 1.54) is 12.3 Å². The summed E-state index contributed by atoms with van der Waals surface area (Å²) >= 11 is 1.04. The Kier molecular flexibility index (Phi) is 4.66. The minimum atomic E-state index is -3.70. The van der Waals surface area contributed by atoms with Crippen LogP contribution < -0.4 is 9.44 Å². The molecule has 3 N–H and O–H groups in total. The number of rotatable bonds is 5. The fourth-order valence-corrected chi connectivity index (χ4v) is 3.31. The standard InChI is InChI=1S/C10H15N3O4S2/c1-10(2,3)13-19(16,17)12-9-11-6-7(18-9)4-5-8(14)15/h4-6,13H,1-3H3,(H,11,12)(H,14,15)/b5-4+. The largest absolute Gasteiger partial charge is 0.478 e. The van der Waals surface area contributed by atoms with Crippen molar-refractivity contribution < 1.29 is 18.3 Å². The Morgan fingerprint density at radius 2 is 2.11 bits per heavy atom. The third-order valence-corrected chi connectivity index (χ3v) is 3.93. The molecular formula is C10H15N3O4S2. The van der Waals surface area contributed by atoms with Crippen molar-refractivity contribution in [2.24, 2.45) is 0 Å². The van der Waals surface area contributed by atoms with Crippen LogP contribution in [0.4, 0.5) is 5.13 Å². The highest BCUT2D eigenvalue weighted by Gasteiger charge is 2.20. The molecule has 1 aromatic heterocycles. The lowest BCUT2D eigenvalue weighted by Crippen LogP contribution is -2.43. The summed E-state index contributed by atoms with van der Waals surface area (Å²) in [5.74, 6) is -1.08. The highest BCUT2D eigenvalue weighted by molar-refractivity contribution is 7.91. The summed E-state index contributed by atoms with van der Waals surface area (Å²) in [6, 6.07) is 0. The lowest BCUT2D eigenvalue weighted by atomic mass is 10.1. The van der Waals surface area contributed by atoms with E-state index in [0.29, 0.717) is 4.88 Å². The molecule has 0 aliphatic rings. The first-order valence-corrected chi connectivity index (χ1v) is 7.56. The van der Waals surface area contributed by atoms with E-state index in [1.807, 2.05) is 0 Å². The number of aliphatic carboxylic acids is 1. The quantitative estimate of drug-likeness (QED) is 0.710. The van der Waals surface area contributed by atoms with Gasteiger partial charge >= 0.3 is 16.2 Å². The van der Waals surface area contributed by atoms with Gasteiger partial charge in [-0.1, -0.05) is 11.3 Å². The molecule has 0 spiro atoms. The van der Waals surface area contributed by atoms with E-state index < -0.39 is 21.7 Å². The second kappa shape index (κ2) is 5.68. The van der Waals surface area contributed by atoms with Crippen LogP contribution in [0.5, 0.6) is 0 Å². The molecule has 0 fully saturated rings. The monoisotopic (exact) mass is 305 g/mol. The summed E-state index contributed by atoms with van der Waals surface area (Å²) in [4.78, 5) is 14.7. The molecule has 0 radical (unpaired) electrons. The van der Waals surface area contributed by atoms with E-state index in [9.17, 15) is 13.2 Å². The van der Waals surface area contributed by atoms with Crippen LogP contribution in [0.2, 0.25) is 0 Å². The number of carbonyl (C=O) groups is 1. The third-order valence-electron chi connectivity index (χ3n) is 1.58. The number of carboxylic acid groups (broad SMARTS) is 1. The Balaban J connectivity index is 2.76. The fraction of sp³-hybridized carbons (Fsp3) is 0.400. The van der Waals surface area contributed by atoms with Crippen molar-refractivity contribution in [3.05, 3.63) is 17.2 Å². The van der Waals surface area contributed by atoms with Crippen molar-refractivity contribution in [3.63, 3.8) is 0 Å². The van der Waals surface area contributed by atoms with Crippen LogP contribution in [-0.4, -0.2) is 30.0 Å². The number of thiazole rings is 1. The van der Waals surface area contributed by atoms with E-state index in [1.54, 1.807) is 20.8 Å². The average Bonchev–Trinajstić information content (AvgIpc) is 2.57. The van der Waals surface area contributed by atoms with Gasteiger partial charge in [0.1, 0.15) is 0 Å². The molecule has 0 saturated heterocycles. The highest BCUT2D eigenvalue weighted by atomic mass is 32.2. The van der Waals surface area contributed by atoms with Gasteiger partial charge < -0.3 is 5.11 Å². The number of hydrogen-bond acceptors (Lipinski definition) is 5. The molecule has 106 valence electrons. The minimum absolute atomic E-state index is 0.168. The van der Waals surface area contributed by atoms with Crippen LogP contribution in [0.1, 0.15) is 25.6 Å². The van der Waals surface area contributed by atoms with Gasteiger partial charge in [0.25, 0.3) is 0 Å². The smallest absolute Gasteiger partial charge is 0.328 e. The molecule has 0 aromatic carbocycles. The summed E-state index contributed by atoms with van der Waals surface area (Å²) < 4.78 is 28.1. The Morgan fingerprint density at radius 1 is 1.47 bits per heavy atom. The summed E-state index contributed by atoms with van der Waals surface area (Å²) in [5.41, 5.74) is -0.602. The molecule has 0 amide bonds. The number of nitrogens with zero attached hydrogens (tertiary/aromatic N) is 1. The number of anilines is 1. The first-order chi connectivity index (χ1) is 8.57. The van der Waals surface area contributed by atoms with Crippen LogP contribution in [0.15, 0.2) is 12.3 Å². The molecule has 0 atom stereocenters. The number of carboxylic acids is 1. The van der Waals surface area contributed by atoms with Crippen LogP contribution in [0.25, 0.3) is 6.08 Å². The number of nitrogens with one attached hydrogen (secondary N) is 2. The van der Waals surface area contributed by atoms with Crippen molar-refractivity contribution >= 4 is 38.7 Å². The third kappa shape index (κ3) is 6.32. The molecule has 1 heterocycles. The zero-order chi connectivity index (χ0) is 14.7. The Bertz CT molecular complexity index is 584. The topological polar surface area (TPSA) is 108 Å². The van der Waals surface area contributed by atoms with Gasteiger partial charge in [0.05, 0.1) is 0 Å². The van der Waals surface area contributed by atoms with Gasteiger partial charge in [-0.05, 0) is 26.8 Å². The van der Waals surface area contributed by atoms with E-state index >= 15 is 0 Å². The Hall–Kier alpha value is -1.45. The first-order valence-electron chi connectivity index (χ1n) is 5.26. The van der Waals surface area contributed by atoms with Crippen LogP contribution in [-0.2, 0) is 15.0 Å². The van der Waals surface area contributed by atoms with E-state index in [4.69, 9.17) is 5.11 Å². The van der Waals surface area contributed by atoms with Crippen molar-refractivity contribution in [3.8, 4) is 0 Å². The molecule has 9 heteroatoms. The van der Waals surface area contributed by atoms with Crippen molar-refractivity contribution in [1.29, 1.82) is 0 Å².